The third kappa shape index (κ3) is 5.58. The van der Waals surface area contributed by atoms with E-state index in [0.717, 1.165) is 0 Å². The zero-order valence-corrected chi connectivity index (χ0v) is 18.3. The maximum atomic E-state index is 14.9. The van der Waals surface area contributed by atoms with Crippen LogP contribution in [0.3, 0.4) is 0 Å². The third-order valence-corrected chi connectivity index (χ3v) is 5.15. The topological polar surface area (TPSA) is 177 Å². The lowest BCUT2D eigenvalue weighted by Gasteiger charge is -2.14. The summed E-state index contributed by atoms with van der Waals surface area (Å²) in [5.41, 5.74) is 11.8. The highest BCUT2D eigenvalue weighted by Crippen LogP contribution is 2.30. The molecular weight excluding hydrogens is 463 g/mol. The van der Waals surface area contributed by atoms with Crippen LogP contribution in [-0.4, -0.2) is 52.3 Å². The Morgan fingerprint density at radius 2 is 2.09 bits per heavy atom. The van der Waals surface area contributed by atoms with Crippen LogP contribution in [-0.2, 0) is 25.7 Å². The molecule has 0 spiro atoms. The summed E-state index contributed by atoms with van der Waals surface area (Å²) < 4.78 is 30.0. The van der Waals surface area contributed by atoms with E-state index in [1.54, 1.807) is 18.2 Å². The number of ether oxygens (including phenoxy) is 2. The van der Waals surface area contributed by atoms with Gasteiger partial charge in [-0.25, -0.2) is 9.18 Å². The molecule has 1 fully saturated rings. The summed E-state index contributed by atoms with van der Waals surface area (Å²) in [5.74, 6) is -1.41. The molecule has 1 saturated heterocycles. The molecule has 13 heteroatoms. The average Bonchev–Trinajstić information content (AvgIpc) is 3.48. The van der Waals surface area contributed by atoms with Crippen molar-refractivity contribution in [1.29, 1.82) is 0 Å². The Bertz CT molecular complexity index is 1250. The number of anilines is 1. The molecular formula is C22H21FN6O6. The first-order valence-electron chi connectivity index (χ1n) is 10.5. The van der Waals surface area contributed by atoms with Gasteiger partial charge in [0.25, 0.3) is 5.89 Å². The fraction of sp³-hybridized carbons (Fsp3) is 0.273. The molecule has 2 amide bonds. The maximum Gasteiger partial charge on any atom is 0.414 e. The van der Waals surface area contributed by atoms with Crippen molar-refractivity contribution in [2.45, 2.75) is 25.6 Å². The molecule has 1 atom stereocenters. The standard InChI is InChI=1S/C22H21FN6O6/c23-16-7-13(29-10-14(34-22(29)32)3-6-18(25)30)2-4-15(16)12-1-5-17(26-9-12)21-27-19(35-28-21)11-33-20(31)8-24/h1-2,4-5,7,9,14H,3,6,8,10-11,24H2,(H2,25,30)/t14-/m0/s1. The first-order chi connectivity index (χ1) is 16.8. The summed E-state index contributed by atoms with van der Waals surface area (Å²) in [7, 11) is 0. The molecule has 4 rings (SSSR count). The number of primary amides is 1. The Morgan fingerprint density at radius 1 is 1.26 bits per heavy atom. The van der Waals surface area contributed by atoms with Crippen molar-refractivity contribution in [3.05, 3.63) is 48.2 Å². The van der Waals surface area contributed by atoms with Gasteiger partial charge >= 0.3 is 12.1 Å². The number of carbonyl (C=O) groups excluding carboxylic acids is 3. The normalized spacial score (nSPS) is 15.2. The van der Waals surface area contributed by atoms with Crippen molar-refractivity contribution in [2.75, 3.05) is 18.0 Å². The molecule has 3 heterocycles. The molecule has 0 aliphatic carbocycles. The Morgan fingerprint density at radius 3 is 2.77 bits per heavy atom. The van der Waals surface area contributed by atoms with Gasteiger partial charge in [0.1, 0.15) is 17.6 Å². The third-order valence-electron chi connectivity index (χ3n) is 5.15. The van der Waals surface area contributed by atoms with E-state index in [-0.39, 0.29) is 43.4 Å². The van der Waals surface area contributed by atoms with E-state index < -0.39 is 29.9 Å². The van der Waals surface area contributed by atoms with E-state index in [4.69, 9.17) is 25.5 Å². The van der Waals surface area contributed by atoms with E-state index in [0.29, 0.717) is 23.4 Å². The lowest BCUT2D eigenvalue weighted by molar-refractivity contribution is -0.144. The first kappa shape index (κ1) is 23.8. The number of cyclic esters (lactones) is 1. The molecule has 2 aromatic heterocycles. The van der Waals surface area contributed by atoms with Crippen LogP contribution in [0.4, 0.5) is 14.9 Å². The lowest BCUT2D eigenvalue weighted by Crippen LogP contribution is -2.25. The predicted octanol–water partition coefficient (Wildman–Crippen LogP) is 1.53. The molecule has 0 radical (unpaired) electrons. The lowest BCUT2D eigenvalue weighted by atomic mass is 10.1. The summed E-state index contributed by atoms with van der Waals surface area (Å²) in [4.78, 5) is 43.9. The molecule has 35 heavy (non-hydrogen) atoms. The average molecular weight is 484 g/mol. The van der Waals surface area contributed by atoms with Gasteiger partial charge in [0.15, 0.2) is 6.61 Å². The van der Waals surface area contributed by atoms with Gasteiger partial charge in [0.05, 0.1) is 18.8 Å². The second-order valence-electron chi connectivity index (χ2n) is 7.59. The van der Waals surface area contributed by atoms with Crippen LogP contribution < -0.4 is 16.4 Å². The van der Waals surface area contributed by atoms with Gasteiger partial charge in [-0.3, -0.25) is 19.5 Å². The predicted molar refractivity (Wildman–Crippen MR) is 118 cm³/mol. The molecule has 3 aromatic rings. The van der Waals surface area contributed by atoms with E-state index in [1.807, 2.05) is 0 Å². The number of halogens is 1. The molecule has 0 bridgehead atoms. The molecule has 0 unspecified atom stereocenters. The highest BCUT2D eigenvalue weighted by atomic mass is 19.1. The van der Waals surface area contributed by atoms with Gasteiger partial charge in [-0.2, -0.15) is 4.98 Å². The molecule has 1 aliphatic rings. The minimum absolute atomic E-state index is 0.0756. The second-order valence-corrected chi connectivity index (χ2v) is 7.59. The Kier molecular flexibility index (Phi) is 6.96. The molecule has 1 aromatic carbocycles. The van der Waals surface area contributed by atoms with Gasteiger partial charge in [-0.1, -0.05) is 11.2 Å². The van der Waals surface area contributed by atoms with Crippen LogP contribution in [0.15, 0.2) is 41.1 Å². The van der Waals surface area contributed by atoms with Gasteiger partial charge in [-0.05, 0) is 30.7 Å². The summed E-state index contributed by atoms with van der Waals surface area (Å²) in [6.45, 7) is -0.282. The zero-order valence-electron chi connectivity index (χ0n) is 18.3. The smallest absolute Gasteiger partial charge is 0.414 e. The molecule has 0 saturated carbocycles. The number of hydrogen-bond acceptors (Lipinski definition) is 10. The fourth-order valence-corrected chi connectivity index (χ4v) is 3.40. The number of aromatic nitrogens is 3. The Labute approximate surface area is 198 Å². The van der Waals surface area contributed by atoms with Crippen molar-refractivity contribution >= 4 is 23.7 Å². The Hall–Kier alpha value is -4.39. The van der Waals surface area contributed by atoms with Gasteiger partial charge in [0.2, 0.25) is 11.7 Å². The van der Waals surface area contributed by atoms with E-state index in [9.17, 15) is 18.8 Å². The largest absolute Gasteiger partial charge is 0.455 e. The monoisotopic (exact) mass is 484 g/mol. The highest BCUT2D eigenvalue weighted by molar-refractivity contribution is 5.90. The van der Waals surface area contributed by atoms with Gasteiger partial charge in [-0.15, -0.1) is 0 Å². The number of carbonyl (C=O) groups is 3. The minimum atomic E-state index is -0.616. The van der Waals surface area contributed by atoms with E-state index in [1.165, 1.54) is 23.2 Å². The van der Waals surface area contributed by atoms with Crippen LogP contribution in [0.25, 0.3) is 22.6 Å². The van der Waals surface area contributed by atoms with Gasteiger partial charge < -0.3 is 25.5 Å². The van der Waals surface area contributed by atoms with Crippen molar-refractivity contribution in [1.82, 2.24) is 15.1 Å². The number of benzene rings is 1. The van der Waals surface area contributed by atoms with E-state index >= 15 is 0 Å². The number of amides is 2. The maximum absolute atomic E-state index is 14.9. The number of pyridine rings is 1. The molecule has 4 N–H and O–H groups in total. The fourth-order valence-electron chi connectivity index (χ4n) is 3.40. The van der Waals surface area contributed by atoms with Crippen molar-refractivity contribution in [3.8, 4) is 22.6 Å². The number of esters is 1. The van der Waals surface area contributed by atoms with Gasteiger partial charge in [0, 0.05) is 23.7 Å². The van der Waals surface area contributed by atoms with Crippen LogP contribution in [0.5, 0.6) is 0 Å². The summed E-state index contributed by atoms with van der Waals surface area (Å²) in [6, 6.07) is 7.58. The summed E-state index contributed by atoms with van der Waals surface area (Å²) in [5, 5.41) is 3.78. The number of rotatable bonds is 9. The minimum Gasteiger partial charge on any atom is -0.455 e. The van der Waals surface area contributed by atoms with Crippen molar-refractivity contribution in [3.63, 3.8) is 0 Å². The first-order valence-corrected chi connectivity index (χ1v) is 10.5. The second kappa shape index (κ2) is 10.3. The summed E-state index contributed by atoms with van der Waals surface area (Å²) in [6.07, 6.45) is 0.732. The van der Waals surface area contributed by atoms with E-state index in [2.05, 4.69) is 15.1 Å². The van der Waals surface area contributed by atoms with Crippen LogP contribution in [0.1, 0.15) is 18.7 Å². The number of nitrogens with zero attached hydrogens (tertiary/aromatic N) is 4. The SMILES string of the molecule is NCC(=O)OCc1nc(-c2ccc(-c3ccc(N4C[C@H](CCC(N)=O)OC4=O)cc3F)cn2)no1. The molecule has 1 aliphatic heterocycles. The van der Waals surface area contributed by atoms with Crippen molar-refractivity contribution < 1.29 is 32.8 Å². The van der Waals surface area contributed by atoms with Crippen LogP contribution in [0.2, 0.25) is 0 Å². The number of hydrogen-bond donors (Lipinski definition) is 2. The van der Waals surface area contributed by atoms with Crippen LogP contribution in [0, 0.1) is 5.82 Å². The highest BCUT2D eigenvalue weighted by Gasteiger charge is 2.32. The quantitative estimate of drug-likeness (QED) is 0.423. The zero-order chi connectivity index (χ0) is 24.9. The number of nitrogens with two attached hydrogens (primary N) is 2. The van der Waals surface area contributed by atoms with Crippen molar-refractivity contribution in [2.24, 2.45) is 11.5 Å². The van der Waals surface area contributed by atoms with Crippen LogP contribution >= 0.6 is 0 Å². The Balaban J connectivity index is 1.44. The summed E-state index contributed by atoms with van der Waals surface area (Å²) >= 11 is 0. The molecule has 12 nitrogen and oxygen atoms in total. The molecule has 182 valence electrons.